The van der Waals surface area contributed by atoms with Gasteiger partial charge in [-0.1, -0.05) is 37.6 Å². The molecule has 1 aromatic heterocycles. The van der Waals surface area contributed by atoms with Crippen LogP contribution in [-0.2, 0) is 30.8 Å². The molecule has 1 heterocycles. The fourth-order valence-corrected chi connectivity index (χ4v) is 6.56. The van der Waals surface area contributed by atoms with Gasteiger partial charge in [0.15, 0.2) is 0 Å². The van der Waals surface area contributed by atoms with Crippen molar-refractivity contribution in [1.29, 1.82) is 0 Å². The number of amides is 2. The van der Waals surface area contributed by atoms with E-state index in [1.54, 1.807) is 12.1 Å². The Morgan fingerprint density at radius 3 is 2.11 bits per heavy atom. The van der Waals surface area contributed by atoms with Crippen LogP contribution in [0, 0.1) is 9.49 Å². The number of nitrogens with one attached hydrogen (secondary N) is 3. The molecule has 3 atom stereocenters. The highest BCUT2D eigenvalue weighted by Gasteiger charge is 2.31. The van der Waals surface area contributed by atoms with Gasteiger partial charge in [-0.05, 0) is 71.2 Å². The lowest BCUT2D eigenvalue weighted by Gasteiger charge is -2.24. The van der Waals surface area contributed by atoms with Gasteiger partial charge >= 0.3 is 5.97 Å². The van der Waals surface area contributed by atoms with Gasteiger partial charge in [0.05, 0.1) is 4.34 Å². The average Bonchev–Trinajstić information content (AvgIpc) is 3.27. The minimum Gasteiger partial charge on any atom is -0.480 e. The first kappa shape index (κ1) is 31.8. The number of hydrogen-bond donors (Lipinski definition) is 5. The number of aliphatic carboxylic acids is 1. The van der Waals surface area contributed by atoms with Crippen LogP contribution < -0.4 is 15.4 Å². The minimum absolute atomic E-state index is 0.0360. The smallest absolute Gasteiger partial charge is 0.327 e. The van der Waals surface area contributed by atoms with Crippen molar-refractivity contribution in [2.75, 3.05) is 5.75 Å². The van der Waals surface area contributed by atoms with Crippen molar-refractivity contribution in [3.63, 3.8) is 0 Å². The molecule has 14 heteroatoms. The average molecular weight is 702 g/mol. The molecule has 0 aliphatic rings. The predicted molar refractivity (Wildman–Crippen MR) is 156 cm³/mol. The van der Waals surface area contributed by atoms with Crippen LogP contribution in [0.15, 0.2) is 40.6 Å². The van der Waals surface area contributed by atoms with Crippen molar-refractivity contribution in [1.82, 2.24) is 15.4 Å². The summed E-state index contributed by atoms with van der Waals surface area (Å²) in [4.78, 5) is 37.8. The summed E-state index contributed by atoms with van der Waals surface area (Å²) in [5, 5.41) is 14.3. The summed E-state index contributed by atoms with van der Waals surface area (Å²) in [6.07, 6.45) is 0.798. The maximum absolute atomic E-state index is 13.3. The van der Waals surface area contributed by atoms with Gasteiger partial charge in [-0.3, -0.25) is 9.59 Å². The summed E-state index contributed by atoms with van der Waals surface area (Å²) in [6, 6.07) is 6.48. The molecule has 1 aromatic carbocycles. The topological polar surface area (TPSA) is 142 Å². The van der Waals surface area contributed by atoms with Crippen molar-refractivity contribution in [3.8, 4) is 0 Å². The van der Waals surface area contributed by atoms with Gasteiger partial charge in [-0.15, -0.1) is 11.3 Å². The van der Waals surface area contributed by atoms with Crippen LogP contribution in [0.2, 0.25) is 4.34 Å². The zero-order valence-corrected chi connectivity index (χ0v) is 25.6. The number of carbonyl (C=O) groups is 3. The number of halogens is 2. The summed E-state index contributed by atoms with van der Waals surface area (Å²) in [5.74, 6) is -2.64. The maximum Gasteiger partial charge on any atom is 0.327 e. The van der Waals surface area contributed by atoms with E-state index in [1.807, 2.05) is 26.0 Å². The molecule has 4 N–H and O–H groups in total. The predicted octanol–water partition coefficient (Wildman–Crippen LogP) is 3.32. The fraction of sp³-hybridized carbons (Fsp3) is 0.435. The summed E-state index contributed by atoms with van der Waals surface area (Å²) in [5.41, 5.74) is 0.728. The number of thiophene rings is 1. The SMILES string of the molecule is CC(C)CC[C@H](NS(=O)(=O)c1ccc(Cl)s1)C(=O)N[C@@H](Cc1ccc(I)cc1)C(=O)N[C@@H](CS)C(=O)O. The van der Waals surface area contributed by atoms with Gasteiger partial charge in [0.1, 0.15) is 22.3 Å². The number of carboxylic acid groups (broad SMARTS) is 1. The molecule has 0 aliphatic heterocycles. The molecule has 2 aromatic rings. The molecule has 2 amide bonds. The largest absolute Gasteiger partial charge is 0.480 e. The standard InChI is InChI=1S/C23H29ClIN3O6S3/c1-13(2)3-8-16(28-37(33,34)20-10-9-19(24)36-20)21(29)26-17(11-14-4-6-15(25)7-5-14)22(30)27-18(12-35)23(31)32/h4-7,9-10,13,16-18,28,35H,3,8,11-12H2,1-2H3,(H,26,29)(H,27,30)(H,31,32)/t16-,17-,18-/m0/s1. The third kappa shape index (κ3) is 10.4. The molecule has 9 nitrogen and oxygen atoms in total. The third-order valence-electron chi connectivity index (χ3n) is 5.24. The fourth-order valence-electron chi connectivity index (χ4n) is 3.23. The molecule has 0 saturated heterocycles. The van der Waals surface area contributed by atoms with E-state index in [-0.39, 0.29) is 33.1 Å². The van der Waals surface area contributed by atoms with E-state index in [9.17, 15) is 27.9 Å². The molecule has 37 heavy (non-hydrogen) atoms. The first-order chi connectivity index (χ1) is 17.3. The Bertz CT molecular complexity index is 1190. The second kappa shape index (κ2) is 14.7. The van der Waals surface area contributed by atoms with E-state index in [1.165, 1.54) is 12.1 Å². The molecular formula is C23H29ClIN3O6S3. The van der Waals surface area contributed by atoms with E-state index in [0.29, 0.717) is 6.42 Å². The van der Waals surface area contributed by atoms with Gasteiger partial charge in [0, 0.05) is 15.7 Å². The normalized spacial score (nSPS) is 14.1. The number of carbonyl (C=O) groups excluding carboxylic acids is 2. The molecule has 0 unspecified atom stereocenters. The number of thiol groups is 1. The van der Waals surface area contributed by atoms with Crippen LogP contribution in [-0.4, -0.2) is 55.2 Å². The van der Waals surface area contributed by atoms with E-state index in [0.717, 1.165) is 20.5 Å². The first-order valence-electron chi connectivity index (χ1n) is 11.3. The Balaban J connectivity index is 2.30. The molecule has 0 bridgehead atoms. The summed E-state index contributed by atoms with van der Waals surface area (Å²) < 4.78 is 29.5. The zero-order valence-electron chi connectivity index (χ0n) is 20.1. The Kier molecular flexibility index (Phi) is 12.6. The van der Waals surface area contributed by atoms with E-state index < -0.39 is 45.9 Å². The number of benzene rings is 1. The quantitative estimate of drug-likeness (QED) is 0.151. The van der Waals surface area contributed by atoms with Crippen LogP contribution in [0.3, 0.4) is 0 Å². The number of sulfonamides is 1. The van der Waals surface area contributed by atoms with Crippen molar-refractivity contribution in [2.24, 2.45) is 5.92 Å². The van der Waals surface area contributed by atoms with Crippen LogP contribution in [0.4, 0.5) is 0 Å². The summed E-state index contributed by atoms with van der Waals surface area (Å²) in [7, 11) is -4.05. The lowest BCUT2D eigenvalue weighted by molar-refractivity contribution is -0.141. The molecule has 0 aliphatic carbocycles. The highest BCUT2D eigenvalue weighted by atomic mass is 127. The van der Waals surface area contributed by atoms with Gasteiger partial charge in [0.2, 0.25) is 11.8 Å². The Labute approximate surface area is 244 Å². The molecule has 0 radical (unpaired) electrons. The first-order valence-corrected chi connectivity index (χ1v) is 15.7. The summed E-state index contributed by atoms with van der Waals surface area (Å²) >= 11 is 12.9. The van der Waals surface area contributed by atoms with Crippen molar-refractivity contribution in [3.05, 3.63) is 49.9 Å². The van der Waals surface area contributed by atoms with Crippen molar-refractivity contribution < 1.29 is 27.9 Å². The monoisotopic (exact) mass is 701 g/mol. The van der Waals surface area contributed by atoms with Crippen LogP contribution in [0.1, 0.15) is 32.3 Å². The third-order valence-corrected chi connectivity index (χ3v) is 9.52. The number of hydrogen-bond acceptors (Lipinski definition) is 7. The zero-order chi connectivity index (χ0) is 27.8. The van der Waals surface area contributed by atoms with Crippen molar-refractivity contribution in [2.45, 2.75) is 55.4 Å². The molecule has 204 valence electrons. The Morgan fingerprint density at radius 2 is 1.59 bits per heavy atom. The van der Waals surface area contributed by atoms with Crippen LogP contribution >= 0.6 is 58.2 Å². The Morgan fingerprint density at radius 1 is 1.00 bits per heavy atom. The molecule has 0 spiro atoms. The maximum atomic E-state index is 13.3. The second-order valence-electron chi connectivity index (χ2n) is 8.68. The van der Waals surface area contributed by atoms with Gasteiger partial charge < -0.3 is 15.7 Å². The molecule has 0 saturated carbocycles. The van der Waals surface area contributed by atoms with Gasteiger partial charge in [-0.2, -0.15) is 17.4 Å². The highest BCUT2D eigenvalue weighted by molar-refractivity contribution is 14.1. The van der Waals surface area contributed by atoms with E-state index in [2.05, 4.69) is 50.6 Å². The number of rotatable bonds is 14. The lowest BCUT2D eigenvalue weighted by atomic mass is 10.0. The molecule has 2 rings (SSSR count). The molecule has 0 fully saturated rings. The van der Waals surface area contributed by atoms with E-state index >= 15 is 0 Å². The molecular weight excluding hydrogens is 673 g/mol. The second-order valence-corrected chi connectivity index (χ2v) is 13.9. The van der Waals surface area contributed by atoms with Crippen LogP contribution in [0.25, 0.3) is 0 Å². The van der Waals surface area contributed by atoms with E-state index in [4.69, 9.17) is 11.6 Å². The number of carboxylic acids is 1. The van der Waals surface area contributed by atoms with Crippen LogP contribution in [0.5, 0.6) is 0 Å². The van der Waals surface area contributed by atoms with Gasteiger partial charge in [-0.25, -0.2) is 13.2 Å². The van der Waals surface area contributed by atoms with Gasteiger partial charge in [0.25, 0.3) is 10.0 Å². The highest BCUT2D eigenvalue weighted by Crippen LogP contribution is 2.26. The Hall–Kier alpha value is -1.39. The van der Waals surface area contributed by atoms with Crippen molar-refractivity contribution >= 4 is 86.0 Å². The minimum atomic E-state index is -4.05. The lowest BCUT2D eigenvalue weighted by Crippen LogP contribution is -2.56. The summed E-state index contributed by atoms with van der Waals surface area (Å²) in [6.45, 7) is 3.89.